The highest BCUT2D eigenvalue weighted by atomic mass is 19.1. The lowest BCUT2D eigenvalue weighted by molar-refractivity contribution is 0.112. The lowest BCUT2D eigenvalue weighted by Gasteiger charge is -2.06. The highest BCUT2D eigenvalue weighted by Gasteiger charge is 2.10. The van der Waals surface area contributed by atoms with Crippen molar-refractivity contribution in [3.05, 3.63) is 47.9 Å². The second-order valence-electron chi connectivity index (χ2n) is 3.42. The molecule has 0 radical (unpaired) electrons. The second-order valence-corrected chi connectivity index (χ2v) is 3.42. The normalized spacial score (nSPS) is 10.0. The van der Waals surface area contributed by atoms with Gasteiger partial charge in [0.25, 0.3) is 0 Å². The van der Waals surface area contributed by atoms with Gasteiger partial charge in [-0.1, -0.05) is 6.07 Å². The number of pyridine rings is 1. The summed E-state index contributed by atoms with van der Waals surface area (Å²) in [7, 11) is 1.41. The van der Waals surface area contributed by atoms with Gasteiger partial charge < -0.3 is 4.74 Å². The van der Waals surface area contributed by atoms with Crippen LogP contribution in [0.25, 0.3) is 11.3 Å². The van der Waals surface area contributed by atoms with Gasteiger partial charge in [-0.25, -0.2) is 4.39 Å². The number of nitrogens with zero attached hydrogens (tertiary/aromatic N) is 1. The van der Waals surface area contributed by atoms with Gasteiger partial charge in [0.15, 0.2) is 17.9 Å². The molecule has 2 rings (SSSR count). The van der Waals surface area contributed by atoms with E-state index in [1.807, 2.05) is 0 Å². The maximum atomic E-state index is 13.9. The zero-order valence-corrected chi connectivity index (χ0v) is 9.18. The fraction of sp³-hybridized carbons (Fsp3) is 0.0769. The van der Waals surface area contributed by atoms with Crippen molar-refractivity contribution in [2.45, 2.75) is 0 Å². The average Bonchev–Trinajstić information content (AvgIpc) is 2.39. The first kappa shape index (κ1) is 11.3. The molecule has 0 N–H and O–H groups in total. The van der Waals surface area contributed by atoms with E-state index < -0.39 is 5.82 Å². The summed E-state index contributed by atoms with van der Waals surface area (Å²) in [6, 6.07) is 8.03. The number of hydrogen-bond donors (Lipinski definition) is 0. The molecule has 0 fully saturated rings. The summed E-state index contributed by atoms with van der Waals surface area (Å²) in [4.78, 5) is 14.5. The monoisotopic (exact) mass is 231 g/mol. The molecule has 2 aromatic rings. The van der Waals surface area contributed by atoms with E-state index in [0.717, 1.165) is 0 Å². The molecule has 4 heteroatoms. The molecule has 17 heavy (non-hydrogen) atoms. The maximum Gasteiger partial charge on any atom is 0.174 e. The van der Waals surface area contributed by atoms with Gasteiger partial charge in [-0.3, -0.25) is 9.78 Å². The summed E-state index contributed by atoms with van der Waals surface area (Å²) in [5.41, 5.74) is 1.27. The van der Waals surface area contributed by atoms with Gasteiger partial charge >= 0.3 is 0 Å². The molecule has 0 atom stereocenters. The van der Waals surface area contributed by atoms with Crippen molar-refractivity contribution in [1.29, 1.82) is 0 Å². The SMILES string of the molecule is COc1cccc(-c2ccc(C=O)cn2)c1F. The van der Waals surface area contributed by atoms with Gasteiger partial charge in [-0.2, -0.15) is 0 Å². The zero-order chi connectivity index (χ0) is 12.3. The fourth-order valence-corrected chi connectivity index (χ4v) is 1.50. The van der Waals surface area contributed by atoms with Crippen molar-refractivity contribution in [3.8, 4) is 17.0 Å². The largest absolute Gasteiger partial charge is 0.494 e. The summed E-state index contributed by atoms with van der Waals surface area (Å²) < 4.78 is 18.8. The second kappa shape index (κ2) is 4.74. The average molecular weight is 231 g/mol. The number of aldehydes is 1. The number of halogens is 1. The van der Waals surface area contributed by atoms with E-state index in [-0.39, 0.29) is 5.75 Å². The Morgan fingerprint density at radius 2 is 2.12 bits per heavy atom. The van der Waals surface area contributed by atoms with Crippen LogP contribution in [0.5, 0.6) is 5.75 Å². The zero-order valence-electron chi connectivity index (χ0n) is 9.18. The highest BCUT2D eigenvalue weighted by Crippen LogP contribution is 2.27. The number of carbonyl (C=O) groups excluding carboxylic acids is 1. The first-order chi connectivity index (χ1) is 8.26. The minimum absolute atomic E-state index is 0.170. The molecule has 86 valence electrons. The van der Waals surface area contributed by atoms with Gasteiger partial charge in [-0.05, 0) is 24.3 Å². The van der Waals surface area contributed by atoms with Crippen LogP contribution in [0.1, 0.15) is 10.4 Å². The van der Waals surface area contributed by atoms with E-state index in [4.69, 9.17) is 4.74 Å². The van der Waals surface area contributed by atoms with Crippen LogP contribution in [0, 0.1) is 5.82 Å². The Morgan fingerprint density at radius 1 is 1.29 bits per heavy atom. The third kappa shape index (κ3) is 2.15. The third-order valence-corrected chi connectivity index (χ3v) is 2.38. The van der Waals surface area contributed by atoms with Crippen molar-refractivity contribution < 1.29 is 13.9 Å². The van der Waals surface area contributed by atoms with E-state index >= 15 is 0 Å². The van der Waals surface area contributed by atoms with Crippen LogP contribution in [0.15, 0.2) is 36.5 Å². The number of aromatic nitrogens is 1. The van der Waals surface area contributed by atoms with Crippen LogP contribution in [0.3, 0.4) is 0 Å². The third-order valence-electron chi connectivity index (χ3n) is 2.38. The molecule has 0 spiro atoms. The van der Waals surface area contributed by atoms with Crippen LogP contribution in [0.2, 0.25) is 0 Å². The quantitative estimate of drug-likeness (QED) is 0.762. The van der Waals surface area contributed by atoms with Gasteiger partial charge in [0.2, 0.25) is 0 Å². The number of ether oxygens (including phenoxy) is 1. The Balaban J connectivity index is 2.48. The van der Waals surface area contributed by atoms with Crippen molar-refractivity contribution >= 4 is 6.29 Å². The van der Waals surface area contributed by atoms with Crippen molar-refractivity contribution in [1.82, 2.24) is 4.98 Å². The highest BCUT2D eigenvalue weighted by molar-refractivity contribution is 5.75. The Bertz CT molecular complexity index is 538. The van der Waals surface area contributed by atoms with Crippen molar-refractivity contribution in [3.63, 3.8) is 0 Å². The Morgan fingerprint density at radius 3 is 2.71 bits per heavy atom. The molecule has 1 heterocycles. The van der Waals surface area contributed by atoms with E-state index in [1.54, 1.807) is 30.3 Å². The summed E-state index contributed by atoms with van der Waals surface area (Å²) >= 11 is 0. The van der Waals surface area contributed by atoms with Crippen LogP contribution in [-0.2, 0) is 0 Å². The molecule has 0 amide bonds. The molecule has 0 aliphatic heterocycles. The fourth-order valence-electron chi connectivity index (χ4n) is 1.50. The van der Waals surface area contributed by atoms with Crippen LogP contribution in [-0.4, -0.2) is 18.4 Å². The first-order valence-electron chi connectivity index (χ1n) is 5.00. The Labute approximate surface area is 97.9 Å². The molecule has 1 aromatic heterocycles. The topological polar surface area (TPSA) is 39.2 Å². The Kier molecular flexibility index (Phi) is 3.14. The van der Waals surface area contributed by atoms with Gasteiger partial charge in [0.1, 0.15) is 0 Å². The number of hydrogen-bond acceptors (Lipinski definition) is 3. The van der Waals surface area contributed by atoms with E-state index in [2.05, 4.69) is 4.98 Å². The molecule has 0 saturated heterocycles. The van der Waals surface area contributed by atoms with Crippen molar-refractivity contribution in [2.24, 2.45) is 0 Å². The molecule has 0 aliphatic rings. The first-order valence-corrected chi connectivity index (χ1v) is 5.00. The molecule has 0 bridgehead atoms. The molecule has 0 saturated carbocycles. The number of benzene rings is 1. The summed E-state index contributed by atoms with van der Waals surface area (Å²) in [6.45, 7) is 0. The predicted octanol–water partition coefficient (Wildman–Crippen LogP) is 2.71. The number of carbonyl (C=O) groups is 1. The molecule has 0 unspecified atom stereocenters. The van der Waals surface area contributed by atoms with Crippen LogP contribution < -0.4 is 4.74 Å². The minimum atomic E-state index is -0.457. The molecular weight excluding hydrogens is 221 g/mol. The molecule has 0 aliphatic carbocycles. The smallest absolute Gasteiger partial charge is 0.174 e. The van der Waals surface area contributed by atoms with Gasteiger partial charge in [-0.15, -0.1) is 0 Å². The lowest BCUT2D eigenvalue weighted by atomic mass is 10.1. The van der Waals surface area contributed by atoms with Crippen LogP contribution >= 0.6 is 0 Å². The number of rotatable bonds is 3. The minimum Gasteiger partial charge on any atom is -0.494 e. The summed E-state index contributed by atoms with van der Waals surface area (Å²) in [5.74, 6) is -0.287. The maximum absolute atomic E-state index is 13.9. The van der Waals surface area contributed by atoms with Gasteiger partial charge in [0, 0.05) is 17.3 Å². The number of methoxy groups -OCH3 is 1. The summed E-state index contributed by atoms with van der Waals surface area (Å²) in [6.07, 6.45) is 2.10. The van der Waals surface area contributed by atoms with E-state index in [0.29, 0.717) is 23.1 Å². The standard InChI is InChI=1S/C13H10FNO2/c1-17-12-4-2-3-10(13(12)14)11-6-5-9(8-16)7-15-11/h2-8H,1H3. The molecular formula is C13H10FNO2. The lowest BCUT2D eigenvalue weighted by Crippen LogP contribution is -1.93. The van der Waals surface area contributed by atoms with Crippen molar-refractivity contribution in [2.75, 3.05) is 7.11 Å². The van der Waals surface area contributed by atoms with E-state index in [1.165, 1.54) is 13.3 Å². The molecule has 3 nitrogen and oxygen atoms in total. The summed E-state index contributed by atoms with van der Waals surface area (Å²) in [5, 5.41) is 0. The molecule has 1 aromatic carbocycles. The van der Waals surface area contributed by atoms with Gasteiger partial charge in [0.05, 0.1) is 12.8 Å². The van der Waals surface area contributed by atoms with E-state index in [9.17, 15) is 9.18 Å². The van der Waals surface area contributed by atoms with Crippen LogP contribution in [0.4, 0.5) is 4.39 Å². The predicted molar refractivity (Wildman–Crippen MR) is 61.6 cm³/mol. The Hall–Kier alpha value is -2.23.